The van der Waals surface area contributed by atoms with Crippen molar-refractivity contribution in [3.63, 3.8) is 0 Å². The second kappa shape index (κ2) is 5.84. The summed E-state index contributed by atoms with van der Waals surface area (Å²) in [6.07, 6.45) is 4.31. The molecule has 1 saturated carbocycles. The number of rotatable bonds is 4. The van der Waals surface area contributed by atoms with Gasteiger partial charge in [0.1, 0.15) is 0 Å². The van der Waals surface area contributed by atoms with Crippen LogP contribution in [-0.2, 0) is 0 Å². The van der Waals surface area contributed by atoms with Crippen LogP contribution >= 0.6 is 28.1 Å². The summed E-state index contributed by atoms with van der Waals surface area (Å²) < 4.78 is 5.86. The molecule has 1 heterocycles. The molecular weight excluding hydrogens is 316 g/mol. The maximum absolute atomic E-state index is 12.4. The molecule has 0 saturated heterocycles. The van der Waals surface area contributed by atoms with Crippen LogP contribution in [0.2, 0.25) is 0 Å². The van der Waals surface area contributed by atoms with Crippen LogP contribution in [0.25, 0.3) is 0 Å². The van der Waals surface area contributed by atoms with Crippen LogP contribution in [0.4, 0.5) is 0 Å². The van der Waals surface area contributed by atoms with Crippen molar-refractivity contribution in [2.24, 2.45) is 5.73 Å². The van der Waals surface area contributed by atoms with Gasteiger partial charge >= 0.3 is 0 Å². The summed E-state index contributed by atoms with van der Waals surface area (Å²) in [5, 5.41) is 0. The Bertz CT molecular complexity index is 455. The number of amides is 1. The molecule has 0 aliphatic heterocycles. The molecule has 98 valence electrons. The van der Waals surface area contributed by atoms with Crippen molar-refractivity contribution in [2.75, 3.05) is 6.54 Å². The van der Waals surface area contributed by atoms with Gasteiger partial charge in [0.15, 0.2) is 10.4 Å². The van der Waals surface area contributed by atoms with Crippen molar-refractivity contribution in [3.05, 3.63) is 22.6 Å². The molecule has 1 aromatic heterocycles. The highest BCUT2D eigenvalue weighted by atomic mass is 79.9. The molecule has 0 atom stereocenters. The van der Waals surface area contributed by atoms with Gasteiger partial charge in [0.25, 0.3) is 5.91 Å². The van der Waals surface area contributed by atoms with E-state index in [1.807, 2.05) is 0 Å². The summed E-state index contributed by atoms with van der Waals surface area (Å²) >= 11 is 8.12. The zero-order valence-electron chi connectivity index (χ0n) is 9.89. The summed E-state index contributed by atoms with van der Waals surface area (Å²) in [7, 11) is 0. The molecule has 2 N–H and O–H groups in total. The van der Waals surface area contributed by atoms with Crippen molar-refractivity contribution in [1.82, 2.24) is 4.90 Å². The quantitative estimate of drug-likeness (QED) is 0.862. The number of thiocarbonyl (C=S) groups is 1. The number of carbonyl (C=O) groups excluding carboxylic acids is 1. The monoisotopic (exact) mass is 330 g/mol. The second-order valence-electron chi connectivity index (χ2n) is 4.44. The van der Waals surface area contributed by atoms with Crippen molar-refractivity contribution in [1.29, 1.82) is 0 Å². The van der Waals surface area contributed by atoms with Gasteiger partial charge in [-0.15, -0.1) is 0 Å². The fourth-order valence-corrected chi connectivity index (χ4v) is 2.77. The lowest BCUT2D eigenvalue weighted by Gasteiger charge is -2.27. The lowest BCUT2D eigenvalue weighted by atomic mass is 10.2. The third-order valence-corrected chi connectivity index (χ3v) is 3.69. The molecule has 0 aromatic carbocycles. The Morgan fingerprint density at radius 2 is 2.17 bits per heavy atom. The Labute approximate surface area is 120 Å². The standard InChI is InChI=1S/C12H15BrN2O2S/c13-10-6-5-9(17-10)12(16)15(7-11(14)18)8-3-1-2-4-8/h5-6,8H,1-4,7H2,(H2,14,18). The Morgan fingerprint density at radius 3 is 2.67 bits per heavy atom. The van der Waals surface area contributed by atoms with Crippen LogP contribution in [0.3, 0.4) is 0 Å². The number of nitrogens with two attached hydrogens (primary N) is 1. The van der Waals surface area contributed by atoms with Gasteiger partial charge in [-0.05, 0) is 40.9 Å². The van der Waals surface area contributed by atoms with Gasteiger partial charge in [-0.25, -0.2) is 0 Å². The summed E-state index contributed by atoms with van der Waals surface area (Å²) in [6, 6.07) is 3.59. The van der Waals surface area contributed by atoms with E-state index in [1.54, 1.807) is 17.0 Å². The highest BCUT2D eigenvalue weighted by Gasteiger charge is 2.29. The van der Waals surface area contributed by atoms with Gasteiger partial charge in [-0.1, -0.05) is 25.1 Å². The molecular formula is C12H15BrN2O2S. The molecule has 0 bridgehead atoms. The normalized spacial score (nSPS) is 15.8. The van der Waals surface area contributed by atoms with Crippen LogP contribution in [0.1, 0.15) is 36.2 Å². The van der Waals surface area contributed by atoms with Gasteiger partial charge in [0, 0.05) is 6.04 Å². The lowest BCUT2D eigenvalue weighted by Crippen LogP contribution is -2.43. The van der Waals surface area contributed by atoms with Gasteiger partial charge in [-0.3, -0.25) is 4.79 Å². The van der Waals surface area contributed by atoms with Gasteiger partial charge in [-0.2, -0.15) is 0 Å². The minimum atomic E-state index is -0.139. The average molecular weight is 331 g/mol. The molecule has 6 heteroatoms. The van der Waals surface area contributed by atoms with Crippen molar-refractivity contribution in [2.45, 2.75) is 31.7 Å². The molecule has 18 heavy (non-hydrogen) atoms. The Balaban J connectivity index is 2.17. The highest BCUT2D eigenvalue weighted by Crippen LogP contribution is 2.25. The topological polar surface area (TPSA) is 59.5 Å². The number of nitrogens with zero attached hydrogens (tertiary/aromatic N) is 1. The SMILES string of the molecule is NC(=S)CN(C(=O)c1ccc(Br)o1)C1CCCC1. The maximum Gasteiger partial charge on any atom is 0.290 e. The first kappa shape index (κ1) is 13.5. The minimum absolute atomic E-state index is 0.139. The summed E-state index contributed by atoms with van der Waals surface area (Å²) in [5.41, 5.74) is 5.58. The zero-order valence-corrected chi connectivity index (χ0v) is 12.3. The van der Waals surface area contributed by atoms with Crippen LogP contribution in [-0.4, -0.2) is 28.4 Å². The number of carbonyl (C=O) groups is 1. The molecule has 0 radical (unpaired) electrons. The number of halogens is 1. The number of furan rings is 1. The molecule has 0 spiro atoms. The summed E-state index contributed by atoms with van der Waals surface area (Å²) in [6.45, 7) is 0.317. The first-order chi connectivity index (χ1) is 8.58. The second-order valence-corrected chi connectivity index (χ2v) is 5.75. The number of hydrogen-bond acceptors (Lipinski definition) is 3. The van der Waals surface area contributed by atoms with Crippen molar-refractivity contribution < 1.29 is 9.21 Å². The van der Waals surface area contributed by atoms with E-state index in [0.29, 0.717) is 22.0 Å². The van der Waals surface area contributed by atoms with E-state index in [1.165, 1.54) is 0 Å². The first-order valence-electron chi connectivity index (χ1n) is 5.92. The summed E-state index contributed by atoms with van der Waals surface area (Å²) in [4.78, 5) is 14.4. The molecule has 4 nitrogen and oxygen atoms in total. The molecule has 1 aliphatic rings. The number of hydrogen-bond donors (Lipinski definition) is 1. The fraction of sp³-hybridized carbons (Fsp3) is 0.500. The van der Waals surface area contributed by atoms with Crippen LogP contribution in [0, 0.1) is 0 Å². The van der Waals surface area contributed by atoms with Crippen LogP contribution in [0.15, 0.2) is 21.2 Å². The van der Waals surface area contributed by atoms with Gasteiger partial charge in [0.2, 0.25) is 0 Å². The lowest BCUT2D eigenvalue weighted by molar-refractivity contribution is 0.0681. The van der Waals surface area contributed by atoms with Crippen molar-refractivity contribution >= 4 is 39.0 Å². The van der Waals surface area contributed by atoms with E-state index in [2.05, 4.69) is 15.9 Å². The predicted octanol–water partition coefficient (Wildman–Crippen LogP) is 2.71. The predicted molar refractivity (Wildman–Crippen MR) is 76.5 cm³/mol. The average Bonchev–Trinajstić information content (AvgIpc) is 2.95. The molecule has 1 aliphatic carbocycles. The highest BCUT2D eigenvalue weighted by molar-refractivity contribution is 9.10. The fourth-order valence-electron chi connectivity index (χ4n) is 2.32. The third-order valence-electron chi connectivity index (χ3n) is 3.14. The van der Waals surface area contributed by atoms with E-state index in [9.17, 15) is 4.79 Å². The van der Waals surface area contributed by atoms with Crippen LogP contribution in [0.5, 0.6) is 0 Å². The van der Waals surface area contributed by atoms with E-state index >= 15 is 0 Å². The maximum atomic E-state index is 12.4. The van der Waals surface area contributed by atoms with Crippen LogP contribution < -0.4 is 5.73 Å². The summed E-state index contributed by atoms with van der Waals surface area (Å²) in [5.74, 6) is 0.186. The molecule has 1 fully saturated rings. The zero-order chi connectivity index (χ0) is 13.1. The Morgan fingerprint density at radius 1 is 1.50 bits per heavy atom. The molecule has 1 aromatic rings. The minimum Gasteiger partial charge on any atom is -0.444 e. The van der Waals surface area contributed by atoms with E-state index in [4.69, 9.17) is 22.4 Å². The van der Waals surface area contributed by atoms with Gasteiger partial charge < -0.3 is 15.1 Å². The molecule has 0 unspecified atom stereocenters. The largest absolute Gasteiger partial charge is 0.444 e. The van der Waals surface area contributed by atoms with E-state index in [-0.39, 0.29) is 11.9 Å². The molecule has 2 rings (SSSR count). The third kappa shape index (κ3) is 3.11. The first-order valence-corrected chi connectivity index (χ1v) is 7.12. The van der Waals surface area contributed by atoms with Crippen molar-refractivity contribution in [3.8, 4) is 0 Å². The smallest absolute Gasteiger partial charge is 0.290 e. The van der Waals surface area contributed by atoms with Gasteiger partial charge in [0.05, 0.1) is 11.5 Å². The van der Waals surface area contributed by atoms with E-state index < -0.39 is 0 Å². The molecule has 1 amide bonds. The van der Waals surface area contributed by atoms with E-state index in [0.717, 1.165) is 25.7 Å². The Kier molecular flexibility index (Phi) is 4.40. The Hall–Kier alpha value is -0.880.